The van der Waals surface area contributed by atoms with Crippen molar-refractivity contribution < 1.29 is 19.0 Å². The number of rotatable bonds is 6. The van der Waals surface area contributed by atoms with Crippen molar-refractivity contribution in [3.8, 4) is 5.75 Å². The molecule has 0 bridgehead atoms. The van der Waals surface area contributed by atoms with E-state index in [0.29, 0.717) is 0 Å². The Morgan fingerprint density at radius 3 is 2.45 bits per heavy atom. The maximum atomic E-state index is 12.2. The Kier molecular flexibility index (Phi) is 5.65. The van der Waals surface area contributed by atoms with Gasteiger partial charge in [-0.15, -0.1) is 0 Å². The molecular weight excluding hydrogens is 285 g/mol. The monoisotopic (exact) mass is 301 g/mol. The molecular formula is C17H16FNO3. The van der Waals surface area contributed by atoms with E-state index < -0.39 is 12.0 Å². The van der Waals surface area contributed by atoms with Crippen LogP contribution in [0.1, 0.15) is 11.1 Å². The fourth-order valence-electron chi connectivity index (χ4n) is 1.95. The van der Waals surface area contributed by atoms with Gasteiger partial charge in [0.1, 0.15) is 5.75 Å². The quantitative estimate of drug-likeness (QED) is 0.770. The van der Waals surface area contributed by atoms with Crippen LogP contribution < -0.4 is 4.74 Å². The minimum atomic E-state index is -1.01. The van der Waals surface area contributed by atoms with Gasteiger partial charge in [0.2, 0.25) is 0 Å². The van der Waals surface area contributed by atoms with Gasteiger partial charge in [0.15, 0.2) is 6.04 Å². The normalized spacial score (nSPS) is 12.1. The summed E-state index contributed by atoms with van der Waals surface area (Å²) in [7, 11) is 1.58. The van der Waals surface area contributed by atoms with Crippen molar-refractivity contribution in [1.82, 2.24) is 0 Å². The molecule has 2 aromatic carbocycles. The van der Waals surface area contributed by atoms with Crippen LogP contribution in [-0.2, 0) is 16.2 Å². The maximum Gasteiger partial charge on any atom is 0.373 e. The zero-order valence-corrected chi connectivity index (χ0v) is 12.1. The van der Waals surface area contributed by atoms with Crippen molar-refractivity contribution in [1.29, 1.82) is 0 Å². The Bertz CT molecular complexity index is 626. The van der Waals surface area contributed by atoms with Gasteiger partial charge in [-0.25, -0.2) is 4.79 Å². The summed E-state index contributed by atoms with van der Waals surface area (Å²) in [5.41, 5.74) is 1.66. The number of ether oxygens (including phenoxy) is 1. The first-order valence-electron chi connectivity index (χ1n) is 6.76. The van der Waals surface area contributed by atoms with E-state index in [1.54, 1.807) is 31.4 Å². The van der Waals surface area contributed by atoms with Gasteiger partial charge in [0, 0.05) is 17.2 Å². The Hall–Kier alpha value is -2.69. The molecule has 0 radical (unpaired) electrons. The number of carbonyl (C=O) groups excluding carboxylic acids is 1. The first kappa shape index (κ1) is 15.7. The predicted molar refractivity (Wildman–Crippen MR) is 81.7 cm³/mol. The summed E-state index contributed by atoms with van der Waals surface area (Å²) in [6, 6.07) is 15.5. The van der Waals surface area contributed by atoms with E-state index in [0.717, 1.165) is 16.9 Å². The lowest BCUT2D eigenvalue weighted by Gasteiger charge is -2.08. The highest BCUT2D eigenvalue weighted by Gasteiger charge is 2.20. The Balaban J connectivity index is 2.11. The molecule has 0 aliphatic rings. The van der Waals surface area contributed by atoms with Gasteiger partial charge in [-0.05, 0) is 35.4 Å². The van der Waals surface area contributed by atoms with Gasteiger partial charge >= 0.3 is 5.97 Å². The fourth-order valence-corrected chi connectivity index (χ4v) is 1.95. The summed E-state index contributed by atoms with van der Waals surface area (Å²) in [6.07, 6.45) is 1.79. The van der Waals surface area contributed by atoms with Gasteiger partial charge in [-0.2, -0.15) is 0 Å². The van der Waals surface area contributed by atoms with Crippen LogP contribution in [0.3, 0.4) is 0 Å². The number of carbonyl (C=O) groups is 1. The van der Waals surface area contributed by atoms with Gasteiger partial charge in [-0.1, -0.05) is 30.3 Å². The molecule has 0 fully saturated rings. The predicted octanol–water partition coefficient (Wildman–Crippen LogP) is 3.15. The van der Waals surface area contributed by atoms with Crippen molar-refractivity contribution in [3.05, 3.63) is 65.7 Å². The highest BCUT2D eigenvalue weighted by atomic mass is 19.3. The van der Waals surface area contributed by atoms with Gasteiger partial charge < -0.3 is 4.74 Å². The van der Waals surface area contributed by atoms with Gasteiger partial charge in [-0.3, -0.25) is 9.93 Å². The first-order chi connectivity index (χ1) is 10.7. The zero-order chi connectivity index (χ0) is 15.8. The van der Waals surface area contributed by atoms with Crippen LogP contribution in [0.15, 0.2) is 59.6 Å². The Morgan fingerprint density at radius 2 is 1.86 bits per heavy atom. The number of methoxy groups -OCH3 is 1. The highest BCUT2D eigenvalue weighted by molar-refractivity contribution is 5.84. The second kappa shape index (κ2) is 7.93. The number of halogens is 1. The average Bonchev–Trinajstić information content (AvgIpc) is 2.59. The van der Waals surface area contributed by atoms with Crippen molar-refractivity contribution in [2.45, 2.75) is 12.5 Å². The van der Waals surface area contributed by atoms with Crippen LogP contribution in [0.25, 0.3) is 0 Å². The molecule has 1 unspecified atom stereocenters. The molecule has 0 saturated carbocycles. The number of benzene rings is 2. The van der Waals surface area contributed by atoms with Crippen LogP contribution in [-0.4, -0.2) is 25.3 Å². The molecule has 0 N–H and O–H groups in total. The van der Waals surface area contributed by atoms with E-state index in [1.807, 2.05) is 30.3 Å². The summed E-state index contributed by atoms with van der Waals surface area (Å²) in [5.74, 6) is -0.283. The molecule has 0 aliphatic heterocycles. The lowest BCUT2D eigenvalue weighted by molar-refractivity contribution is -0.185. The third kappa shape index (κ3) is 4.41. The van der Waals surface area contributed by atoms with Crippen LogP contribution in [0.2, 0.25) is 0 Å². The smallest absolute Gasteiger partial charge is 0.373 e. The van der Waals surface area contributed by atoms with Gasteiger partial charge in [0.25, 0.3) is 0 Å². The summed E-state index contributed by atoms with van der Waals surface area (Å²) < 4.78 is 17.3. The number of nitrogens with zero attached hydrogens (tertiary/aromatic N) is 1. The number of hydrogen-bond acceptors (Lipinski definition) is 4. The second-order valence-corrected chi connectivity index (χ2v) is 4.65. The molecule has 0 aromatic heterocycles. The average molecular weight is 301 g/mol. The maximum absolute atomic E-state index is 12.2. The summed E-state index contributed by atoms with van der Waals surface area (Å²) >= 11 is 0. The molecule has 5 heteroatoms. The van der Waals surface area contributed by atoms with Crippen LogP contribution >= 0.6 is 0 Å². The van der Waals surface area contributed by atoms with Crippen LogP contribution in [0.4, 0.5) is 4.53 Å². The van der Waals surface area contributed by atoms with E-state index in [-0.39, 0.29) is 6.42 Å². The number of hydrogen-bond donors (Lipinski definition) is 0. The van der Waals surface area contributed by atoms with Crippen LogP contribution in [0.5, 0.6) is 5.75 Å². The van der Waals surface area contributed by atoms with Crippen LogP contribution in [0, 0.1) is 0 Å². The van der Waals surface area contributed by atoms with Crippen molar-refractivity contribution >= 4 is 12.2 Å². The summed E-state index contributed by atoms with van der Waals surface area (Å²) in [5, 5.41) is 0. The molecule has 4 nitrogen and oxygen atoms in total. The second-order valence-electron chi connectivity index (χ2n) is 4.65. The largest absolute Gasteiger partial charge is 0.497 e. The minimum absolute atomic E-state index is 0.274. The van der Waals surface area contributed by atoms with Crippen molar-refractivity contribution in [3.63, 3.8) is 0 Å². The van der Waals surface area contributed by atoms with Crippen molar-refractivity contribution in [2.24, 2.45) is 4.99 Å². The molecule has 2 aromatic rings. The third-order valence-corrected chi connectivity index (χ3v) is 3.14. The lowest BCUT2D eigenvalue weighted by Crippen LogP contribution is -2.22. The third-order valence-electron chi connectivity index (χ3n) is 3.14. The minimum Gasteiger partial charge on any atom is -0.497 e. The number of aliphatic imine (C=N–C) groups is 1. The van der Waals surface area contributed by atoms with E-state index in [4.69, 9.17) is 4.74 Å². The SMILES string of the molecule is COc1ccc(C=NC(Cc2ccccc2)C(=O)OF)cc1. The van der Waals surface area contributed by atoms with Gasteiger partial charge in [0.05, 0.1) is 7.11 Å². The fraction of sp³-hybridized carbons (Fsp3) is 0.176. The van der Waals surface area contributed by atoms with E-state index in [2.05, 4.69) is 9.93 Å². The van der Waals surface area contributed by atoms with E-state index in [1.165, 1.54) is 6.21 Å². The molecule has 0 spiro atoms. The lowest BCUT2D eigenvalue weighted by atomic mass is 10.1. The highest BCUT2D eigenvalue weighted by Crippen LogP contribution is 2.11. The summed E-state index contributed by atoms with van der Waals surface area (Å²) in [6.45, 7) is 0. The first-order valence-corrected chi connectivity index (χ1v) is 6.76. The zero-order valence-electron chi connectivity index (χ0n) is 12.1. The standard InChI is InChI=1S/C17H16FNO3/c1-21-15-9-7-14(8-10-15)12-19-16(17(20)22-18)11-13-5-3-2-4-6-13/h2-10,12,16H,11H2,1H3. The molecule has 22 heavy (non-hydrogen) atoms. The topological polar surface area (TPSA) is 47.9 Å². The summed E-state index contributed by atoms with van der Waals surface area (Å²) in [4.78, 5) is 19.0. The molecule has 1 atom stereocenters. The molecule has 0 aliphatic carbocycles. The molecule has 0 amide bonds. The van der Waals surface area contributed by atoms with E-state index >= 15 is 0 Å². The molecule has 0 heterocycles. The molecule has 2 rings (SSSR count). The molecule has 0 saturated heterocycles. The van der Waals surface area contributed by atoms with E-state index in [9.17, 15) is 9.32 Å². The molecule has 114 valence electrons. The van der Waals surface area contributed by atoms with Crippen molar-refractivity contribution in [2.75, 3.05) is 7.11 Å². The Labute approximate surface area is 128 Å². The Morgan fingerprint density at radius 1 is 1.18 bits per heavy atom.